The van der Waals surface area contributed by atoms with E-state index in [0.717, 1.165) is 18.4 Å². The molecule has 1 nitrogen and oxygen atoms in total. The van der Waals surface area contributed by atoms with Gasteiger partial charge in [0.1, 0.15) is 0 Å². The normalized spacial score (nSPS) is 20.3. The summed E-state index contributed by atoms with van der Waals surface area (Å²) in [5.41, 5.74) is 3.69. The third kappa shape index (κ3) is 2.20. The van der Waals surface area contributed by atoms with Crippen LogP contribution in [0.4, 0.5) is 0 Å². The number of alkyl halides is 1. The Kier molecular flexibility index (Phi) is 2.86. The van der Waals surface area contributed by atoms with E-state index < -0.39 is 0 Å². The Balaban J connectivity index is 2.06. The summed E-state index contributed by atoms with van der Waals surface area (Å²) in [6.07, 6.45) is 7.43. The maximum Gasteiger partial charge on any atom is 0.0708 e. The van der Waals surface area contributed by atoms with Crippen LogP contribution in [0.5, 0.6) is 0 Å². The van der Waals surface area contributed by atoms with Crippen molar-refractivity contribution >= 4 is 28.1 Å². The molecule has 1 aliphatic rings. The molecule has 0 N–H and O–H groups in total. The summed E-state index contributed by atoms with van der Waals surface area (Å²) in [7, 11) is 0. The van der Waals surface area contributed by atoms with E-state index in [9.17, 15) is 0 Å². The number of benzene rings is 1. The smallest absolute Gasteiger partial charge is 0.0708 e. The molecule has 2 heteroatoms. The van der Waals surface area contributed by atoms with Crippen LogP contribution >= 0.6 is 11.6 Å². The van der Waals surface area contributed by atoms with Crippen molar-refractivity contribution in [3.63, 3.8) is 0 Å². The fourth-order valence-electron chi connectivity index (χ4n) is 2.38. The first-order valence-corrected chi connectivity index (χ1v) is 6.46. The number of aromatic nitrogens is 1. The summed E-state index contributed by atoms with van der Waals surface area (Å²) in [6, 6.07) is 10.5. The molecule has 86 valence electrons. The van der Waals surface area contributed by atoms with Gasteiger partial charge in [0.05, 0.1) is 10.9 Å². The molecule has 1 aliphatic carbocycles. The van der Waals surface area contributed by atoms with Crippen molar-refractivity contribution in [1.82, 2.24) is 4.98 Å². The molecule has 0 saturated heterocycles. The highest BCUT2D eigenvalue weighted by Gasteiger charge is 2.12. The first-order valence-electron chi connectivity index (χ1n) is 6.03. The third-order valence-corrected chi connectivity index (χ3v) is 3.63. The number of hydrogen-bond acceptors (Lipinski definition) is 1. The first-order chi connectivity index (χ1) is 8.33. The molecule has 0 bridgehead atoms. The van der Waals surface area contributed by atoms with Crippen LogP contribution in [0, 0.1) is 0 Å². The van der Waals surface area contributed by atoms with Crippen LogP contribution in [0.25, 0.3) is 16.5 Å². The minimum absolute atomic E-state index is 0.193. The van der Waals surface area contributed by atoms with Crippen LogP contribution in [0.2, 0.25) is 0 Å². The second kappa shape index (κ2) is 4.50. The standard InChI is InChI=1S/C15H14ClN/c16-14-5-1-3-12(9-14)13-7-6-11-4-2-8-17-15(11)10-13/h2,4,6-10,14H,1,3,5H2. The molecule has 1 aromatic carbocycles. The fraction of sp³-hybridized carbons (Fsp3) is 0.267. The van der Waals surface area contributed by atoms with E-state index >= 15 is 0 Å². The number of hydrogen-bond donors (Lipinski definition) is 0. The zero-order valence-corrected chi connectivity index (χ0v) is 10.3. The van der Waals surface area contributed by atoms with Crippen molar-refractivity contribution in [3.05, 3.63) is 48.2 Å². The third-order valence-electron chi connectivity index (χ3n) is 3.28. The molecular formula is C15H14ClN. The predicted molar refractivity (Wildman–Crippen MR) is 73.2 cm³/mol. The quantitative estimate of drug-likeness (QED) is 0.676. The lowest BCUT2D eigenvalue weighted by atomic mass is 9.93. The molecule has 1 unspecified atom stereocenters. The number of nitrogens with zero attached hydrogens (tertiary/aromatic N) is 1. The van der Waals surface area contributed by atoms with E-state index in [1.807, 2.05) is 12.3 Å². The van der Waals surface area contributed by atoms with Crippen molar-refractivity contribution in [3.8, 4) is 0 Å². The summed E-state index contributed by atoms with van der Waals surface area (Å²) in [5.74, 6) is 0. The fourth-order valence-corrected chi connectivity index (χ4v) is 2.69. The zero-order valence-electron chi connectivity index (χ0n) is 9.57. The lowest BCUT2D eigenvalue weighted by Gasteiger charge is -2.16. The molecule has 2 aromatic rings. The molecule has 0 radical (unpaired) electrons. The van der Waals surface area contributed by atoms with Gasteiger partial charge in [0.25, 0.3) is 0 Å². The van der Waals surface area contributed by atoms with Gasteiger partial charge in [-0.3, -0.25) is 4.98 Å². The van der Waals surface area contributed by atoms with Gasteiger partial charge in [-0.05, 0) is 42.5 Å². The minimum atomic E-state index is 0.193. The summed E-state index contributed by atoms with van der Waals surface area (Å²) < 4.78 is 0. The topological polar surface area (TPSA) is 12.9 Å². The average Bonchev–Trinajstić information content (AvgIpc) is 2.38. The maximum absolute atomic E-state index is 6.19. The molecule has 1 heterocycles. The molecule has 1 aromatic heterocycles. The van der Waals surface area contributed by atoms with Gasteiger partial charge in [-0.15, -0.1) is 11.6 Å². The summed E-state index contributed by atoms with van der Waals surface area (Å²) in [4.78, 5) is 4.40. The van der Waals surface area contributed by atoms with Crippen LogP contribution in [-0.2, 0) is 0 Å². The number of rotatable bonds is 1. The summed E-state index contributed by atoms with van der Waals surface area (Å²) in [6.45, 7) is 0. The predicted octanol–water partition coefficient (Wildman–Crippen LogP) is 4.41. The van der Waals surface area contributed by atoms with Gasteiger partial charge >= 0.3 is 0 Å². The molecule has 3 rings (SSSR count). The highest BCUT2D eigenvalue weighted by atomic mass is 35.5. The Hall–Kier alpha value is -1.34. The number of fused-ring (bicyclic) bond motifs is 1. The van der Waals surface area contributed by atoms with Crippen molar-refractivity contribution in [1.29, 1.82) is 0 Å². The molecule has 0 amide bonds. The van der Waals surface area contributed by atoms with Gasteiger partial charge in [0, 0.05) is 11.6 Å². The van der Waals surface area contributed by atoms with Gasteiger partial charge in [0.15, 0.2) is 0 Å². The molecule has 1 atom stereocenters. The van der Waals surface area contributed by atoms with Crippen LogP contribution in [0.1, 0.15) is 24.8 Å². The summed E-state index contributed by atoms with van der Waals surface area (Å²) >= 11 is 6.19. The molecule has 0 saturated carbocycles. The van der Waals surface area contributed by atoms with Gasteiger partial charge < -0.3 is 0 Å². The molecule has 17 heavy (non-hydrogen) atoms. The molecule has 0 spiro atoms. The number of halogens is 1. The Morgan fingerprint density at radius 3 is 3.06 bits per heavy atom. The van der Waals surface area contributed by atoms with Crippen molar-refractivity contribution in [2.75, 3.05) is 0 Å². The van der Waals surface area contributed by atoms with E-state index in [-0.39, 0.29) is 5.38 Å². The Morgan fingerprint density at radius 1 is 1.24 bits per heavy atom. The maximum atomic E-state index is 6.19. The Labute approximate surface area is 106 Å². The van der Waals surface area contributed by atoms with Crippen LogP contribution in [-0.4, -0.2) is 10.4 Å². The van der Waals surface area contributed by atoms with Crippen molar-refractivity contribution in [2.45, 2.75) is 24.6 Å². The highest BCUT2D eigenvalue weighted by Crippen LogP contribution is 2.30. The molecule has 0 aliphatic heterocycles. The first kappa shape index (κ1) is 10.8. The lowest BCUT2D eigenvalue weighted by molar-refractivity contribution is 0.747. The number of allylic oxidation sites excluding steroid dienone is 2. The molecular weight excluding hydrogens is 230 g/mol. The molecule has 0 fully saturated rings. The van der Waals surface area contributed by atoms with Crippen LogP contribution < -0.4 is 0 Å². The number of pyridine rings is 1. The lowest BCUT2D eigenvalue weighted by Crippen LogP contribution is -2.02. The zero-order chi connectivity index (χ0) is 11.7. The van der Waals surface area contributed by atoms with Gasteiger partial charge in [0.2, 0.25) is 0 Å². The highest BCUT2D eigenvalue weighted by molar-refractivity contribution is 6.22. The van der Waals surface area contributed by atoms with Crippen molar-refractivity contribution < 1.29 is 0 Å². The van der Waals surface area contributed by atoms with Crippen LogP contribution in [0.15, 0.2) is 42.6 Å². The van der Waals surface area contributed by atoms with E-state index in [1.165, 1.54) is 22.9 Å². The van der Waals surface area contributed by atoms with E-state index in [4.69, 9.17) is 11.6 Å². The second-order valence-electron chi connectivity index (χ2n) is 4.51. The SMILES string of the molecule is ClC1C=C(c2ccc3cccnc3c2)CCC1. The van der Waals surface area contributed by atoms with Gasteiger partial charge in [-0.25, -0.2) is 0 Å². The van der Waals surface area contributed by atoms with E-state index in [1.54, 1.807) is 0 Å². The Bertz CT molecular complexity index is 574. The van der Waals surface area contributed by atoms with E-state index in [2.05, 4.69) is 35.3 Å². The van der Waals surface area contributed by atoms with Gasteiger partial charge in [-0.1, -0.05) is 24.3 Å². The Morgan fingerprint density at radius 2 is 2.18 bits per heavy atom. The van der Waals surface area contributed by atoms with Gasteiger partial charge in [-0.2, -0.15) is 0 Å². The summed E-state index contributed by atoms with van der Waals surface area (Å²) in [5, 5.41) is 1.38. The largest absolute Gasteiger partial charge is 0.256 e. The average molecular weight is 244 g/mol. The monoisotopic (exact) mass is 243 g/mol. The second-order valence-corrected chi connectivity index (χ2v) is 5.07. The minimum Gasteiger partial charge on any atom is -0.256 e. The van der Waals surface area contributed by atoms with Crippen LogP contribution in [0.3, 0.4) is 0 Å². The van der Waals surface area contributed by atoms with Crippen molar-refractivity contribution in [2.24, 2.45) is 0 Å². The van der Waals surface area contributed by atoms with E-state index in [0.29, 0.717) is 0 Å².